The van der Waals surface area contributed by atoms with Gasteiger partial charge < -0.3 is 20.9 Å². The molecule has 4 N–H and O–H groups in total. The summed E-state index contributed by atoms with van der Waals surface area (Å²) in [6.07, 6.45) is 0.815. The van der Waals surface area contributed by atoms with E-state index in [1.807, 2.05) is 69.3 Å². The lowest BCUT2D eigenvalue weighted by atomic mass is 10.1. The molecule has 33 heavy (non-hydrogen) atoms. The zero-order valence-electron chi connectivity index (χ0n) is 18.9. The van der Waals surface area contributed by atoms with E-state index in [0.717, 1.165) is 28.8 Å². The number of carbonyl (C=O) groups is 1. The number of carbonyl (C=O) groups excluding carboxylic acids is 1. The molecule has 0 saturated carbocycles. The Morgan fingerprint density at radius 2 is 1.88 bits per heavy atom. The van der Waals surface area contributed by atoms with Gasteiger partial charge >= 0.3 is 0 Å². The molecule has 4 aromatic rings. The summed E-state index contributed by atoms with van der Waals surface area (Å²) < 4.78 is 6.98. The number of aromatic nitrogens is 4. The highest BCUT2D eigenvalue weighted by molar-refractivity contribution is 5.92. The van der Waals surface area contributed by atoms with Crippen LogP contribution >= 0.6 is 0 Å². The van der Waals surface area contributed by atoms with E-state index in [1.165, 1.54) is 4.68 Å². The number of nitrogens with two attached hydrogens (primary N) is 1. The van der Waals surface area contributed by atoms with Gasteiger partial charge in [-0.2, -0.15) is 10.1 Å². The van der Waals surface area contributed by atoms with E-state index in [1.54, 1.807) is 0 Å². The van der Waals surface area contributed by atoms with Crippen molar-refractivity contribution in [3.05, 3.63) is 59.7 Å². The molecular formula is C24H27N7O2. The van der Waals surface area contributed by atoms with Crippen LogP contribution in [0.2, 0.25) is 0 Å². The van der Waals surface area contributed by atoms with Crippen molar-refractivity contribution >= 4 is 23.2 Å². The standard InChI is InChI=1S/C24H27N7O2/c1-4-16-11-7-9-13-18(16)27-19(32)14-31-21(25)20(23(29-31)26-5-2)24-28-22(30-33-24)17-12-8-6-10-15(17)3/h6-13H,4-5,14,25H2,1-3H3,(H,26,29)(H,27,32). The van der Waals surface area contributed by atoms with Crippen molar-refractivity contribution in [2.75, 3.05) is 22.9 Å². The van der Waals surface area contributed by atoms with E-state index in [9.17, 15) is 4.79 Å². The third-order valence-corrected chi connectivity index (χ3v) is 5.33. The summed E-state index contributed by atoms with van der Waals surface area (Å²) in [5, 5.41) is 14.7. The number of aryl methyl sites for hydroxylation is 2. The van der Waals surface area contributed by atoms with Crippen molar-refractivity contribution < 1.29 is 9.32 Å². The van der Waals surface area contributed by atoms with Crippen LogP contribution in [0.25, 0.3) is 22.8 Å². The van der Waals surface area contributed by atoms with Gasteiger partial charge in [-0.3, -0.25) is 4.79 Å². The number of nitrogen functional groups attached to an aromatic ring is 1. The number of benzene rings is 2. The fourth-order valence-corrected chi connectivity index (χ4v) is 3.63. The number of anilines is 3. The highest BCUT2D eigenvalue weighted by atomic mass is 16.5. The van der Waals surface area contributed by atoms with Crippen LogP contribution in [-0.2, 0) is 17.8 Å². The number of para-hydroxylation sites is 1. The Hall–Kier alpha value is -4.14. The topological polar surface area (TPSA) is 124 Å². The maximum atomic E-state index is 12.7. The number of nitrogens with one attached hydrogen (secondary N) is 2. The minimum Gasteiger partial charge on any atom is -0.383 e. The molecule has 0 atom stereocenters. The molecule has 9 nitrogen and oxygen atoms in total. The molecule has 9 heteroatoms. The van der Waals surface area contributed by atoms with Crippen LogP contribution < -0.4 is 16.4 Å². The number of hydrogen-bond acceptors (Lipinski definition) is 7. The molecule has 0 fully saturated rings. The summed E-state index contributed by atoms with van der Waals surface area (Å²) in [5.41, 5.74) is 10.6. The van der Waals surface area contributed by atoms with Crippen molar-refractivity contribution in [1.82, 2.24) is 19.9 Å². The van der Waals surface area contributed by atoms with Gasteiger partial charge in [0, 0.05) is 17.8 Å². The first-order valence-electron chi connectivity index (χ1n) is 10.9. The van der Waals surface area contributed by atoms with Crippen molar-refractivity contribution in [3.8, 4) is 22.8 Å². The number of amides is 1. The van der Waals surface area contributed by atoms with E-state index in [2.05, 4.69) is 25.9 Å². The Kier molecular flexibility index (Phi) is 6.39. The molecule has 4 rings (SSSR count). The highest BCUT2D eigenvalue weighted by Crippen LogP contribution is 2.34. The average molecular weight is 446 g/mol. The van der Waals surface area contributed by atoms with E-state index < -0.39 is 0 Å². The maximum absolute atomic E-state index is 12.7. The summed E-state index contributed by atoms with van der Waals surface area (Å²) in [5.74, 6) is 1.23. The maximum Gasteiger partial charge on any atom is 0.265 e. The van der Waals surface area contributed by atoms with Gasteiger partial charge in [-0.1, -0.05) is 54.5 Å². The molecule has 1 amide bonds. The summed E-state index contributed by atoms with van der Waals surface area (Å²) in [7, 11) is 0. The normalized spacial score (nSPS) is 10.9. The van der Waals surface area contributed by atoms with Crippen molar-refractivity contribution in [1.29, 1.82) is 0 Å². The van der Waals surface area contributed by atoms with E-state index in [-0.39, 0.29) is 24.2 Å². The average Bonchev–Trinajstić information content (AvgIpc) is 3.39. The van der Waals surface area contributed by atoms with Gasteiger partial charge in [0.25, 0.3) is 5.89 Å². The van der Waals surface area contributed by atoms with Gasteiger partial charge in [-0.05, 0) is 37.5 Å². The van der Waals surface area contributed by atoms with Crippen molar-refractivity contribution in [2.24, 2.45) is 0 Å². The molecule has 170 valence electrons. The Morgan fingerprint density at radius 1 is 1.12 bits per heavy atom. The van der Waals surface area contributed by atoms with E-state index >= 15 is 0 Å². The molecule has 0 unspecified atom stereocenters. The van der Waals surface area contributed by atoms with Gasteiger partial charge in [-0.25, -0.2) is 4.68 Å². The zero-order chi connectivity index (χ0) is 23.4. The van der Waals surface area contributed by atoms with Gasteiger partial charge in [-0.15, -0.1) is 0 Å². The first-order valence-corrected chi connectivity index (χ1v) is 10.9. The van der Waals surface area contributed by atoms with Crippen LogP contribution in [0.4, 0.5) is 17.3 Å². The minimum atomic E-state index is -0.231. The lowest BCUT2D eigenvalue weighted by Crippen LogP contribution is -2.21. The fourth-order valence-electron chi connectivity index (χ4n) is 3.63. The summed E-state index contributed by atoms with van der Waals surface area (Å²) >= 11 is 0. The van der Waals surface area contributed by atoms with Gasteiger partial charge in [0.2, 0.25) is 11.7 Å². The quantitative estimate of drug-likeness (QED) is 0.373. The molecule has 2 heterocycles. The Balaban J connectivity index is 1.62. The smallest absolute Gasteiger partial charge is 0.265 e. The van der Waals surface area contributed by atoms with Gasteiger partial charge in [0.15, 0.2) is 5.82 Å². The highest BCUT2D eigenvalue weighted by Gasteiger charge is 2.24. The second kappa shape index (κ2) is 9.56. The lowest BCUT2D eigenvalue weighted by molar-refractivity contribution is -0.116. The number of hydrogen-bond donors (Lipinski definition) is 3. The molecule has 0 bridgehead atoms. The third-order valence-electron chi connectivity index (χ3n) is 5.33. The van der Waals surface area contributed by atoms with Crippen LogP contribution in [0.3, 0.4) is 0 Å². The molecule has 2 aromatic carbocycles. The first kappa shape index (κ1) is 22.1. The minimum absolute atomic E-state index is 0.0545. The Morgan fingerprint density at radius 3 is 2.64 bits per heavy atom. The second-order valence-corrected chi connectivity index (χ2v) is 7.59. The number of nitrogens with zero attached hydrogens (tertiary/aromatic N) is 4. The SMILES string of the molecule is CCNc1nn(CC(=O)Nc2ccccc2CC)c(N)c1-c1nc(-c2ccccc2C)no1. The third kappa shape index (κ3) is 4.57. The van der Waals surface area contributed by atoms with E-state index in [4.69, 9.17) is 10.3 Å². The summed E-state index contributed by atoms with van der Waals surface area (Å²) in [4.78, 5) is 17.3. The molecular weight excluding hydrogens is 418 g/mol. The van der Waals surface area contributed by atoms with Crippen molar-refractivity contribution in [2.45, 2.75) is 33.7 Å². The van der Waals surface area contributed by atoms with Crippen LogP contribution in [0, 0.1) is 6.92 Å². The number of rotatable bonds is 8. The Labute approximate surface area is 192 Å². The van der Waals surface area contributed by atoms with E-state index in [0.29, 0.717) is 23.8 Å². The zero-order valence-corrected chi connectivity index (χ0v) is 18.9. The molecule has 0 aliphatic carbocycles. The van der Waals surface area contributed by atoms with Crippen LogP contribution in [-0.4, -0.2) is 32.4 Å². The second-order valence-electron chi connectivity index (χ2n) is 7.59. The fraction of sp³-hybridized carbons (Fsp3) is 0.250. The molecule has 2 aromatic heterocycles. The van der Waals surface area contributed by atoms with Crippen LogP contribution in [0.15, 0.2) is 53.1 Å². The molecule has 0 radical (unpaired) electrons. The summed E-state index contributed by atoms with van der Waals surface area (Å²) in [6.45, 7) is 6.53. The predicted molar refractivity (Wildman–Crippen MR) is 129 cm³/mol. The monoisotopic (exact) mass is 445 g/mol. The van der Waals surface area contributed by atoms with Gasteiger partial charge in [0.05, 0.1) is 0 Å². The lowest BCUT2D eigenvalue weighted by Gasteiger charge is -2.10. The van der Waals surface area contributed by atoms with Crippen LogP contribution in [0.1, 0.15) is 25.0 Å². The molecule has 0 aliphatic rings. The molecule has 0 aliphatic heterocycles. The van der Waals surface area contributed by atoms with Crippen LogP contribution in [0.5, 0.6) is 0 Å². The van der Waals surface area contributed by atoms with Crippen molar-refractivity contribution in [3.63, 3.8) is 0 Å². The molecule has 0 spiro atoms. The van der Waals surface area contributed by atoms with Gasteiger partial charge in [0.1, 0.15) is 17.9 Å². The molecule has 0 saturated heterocycles. The largest absolute Gasteiger partial charge is 0.383 e. The summed E-state index contributed by atoms with van der Waals surface area (Å²) in [6, 6.07) is 15.5. The predicted octanol–water partition coefficient (Wildman–Crippen LogP) is 4.12. The first-order chi connectivity index (χ1) is 16.0. The Bertz CT molecular complexity index is 1280.